The first-order valence-corrected chi connectivity index (χ1v) is 11.4. The van der Waals surface area contributed by atoms with Crippen LogP contribution in [-0.4, -0.2) is 13.2 Å². The molecule has 3 saturated carbocycles. The standard InChI is InChI=1S/C24H34F2O2/c1-2-27-21-13-14-22(24(26)23(21)25)28-15-16-3-5-17(6-4-16)18-7-9-19(10-8-18)20-11-12-20/h13-14,16-20H,2-12,15H2,1H3. The Labute approximate surface area is 168 Å². The fraction of sp³-hybridized carbons (Fsp3) is 0.750. The average molecular weight is 393 g/mol. The van der Waals surface area contributed by atoms with E-state index in [0.29, 0.717) is 19.1 Å². The van der Waals surface area contributed by atoms with Crippen LogP contribution in [0.15, 0.2) is 12.1 Å². The van der Waals surface area contributed by atoms with Crippen molar-refractivity contribution in [1.82, 2.24) is 0 Å². The topological polar surface area (TPSA) is 18.5 Å². The monoisotopic (exact) mass is 392 g/mol. The minimum atomic E-state index is -0.954. The maximum absolute atomic E-state index is 14.2. The molecular weight excluding hydrogens is 358 g/mol. The molecule has 0 atom stereocenters. The molecule has 0 spiro atoms. The van der Waals surface area contributed by atoms with E-state index in [0.717, 1.165) is 36.5 Å². The lowest BCUT2D eigenvalue weighted by Crippen LogP contribution is -2.28. The van der Waals surface area contributed by atoms with Gasteiger partial charge in [0.05, 0.1) is 13.2 Å². The Hall–Kier alpha value is -1.32. The highest BCUT2D eigenvalue weighted by Gasteiger charge is 2.36. The van der Waals surface area contributed by atoms with Crippen molar-refractivity contribution in [2.24, 2.45) is 29.6 Å². The highest BCUT2D eigenvalue weighted by molar-refractivity contribution is 5.35. The summed E-state index contributed by atoms with van der Waals surface area (Å²) < 4.78 is 38.9. The second kappa shape index (κ2) is 9.00. The van der Waals surface area contributed by atoms with Crippen LogP contribution < -0.4 is 9.47 Å². The van der Waals surface area contributed by atoms with Crippen molar-refractivity contribution in [3.05, 3.63) is 23.8 Å². The van der Waals surface area contributed by atoms with Gasteiger partial charge < -0.3 is 9.47 Å². The van der Waals surface area contributed by atoms with E-state index in [1.807, 2.05) is 0 Å². The SMILES string of the molecule is CCOc1ccc(OCC2CCC(C3CCC(C4CC4)CC3)CC2)c(F)c1F. The third-order valence-electron chi connectivity index (χ3n) is 7.45. The minimum Gasteiger partial charge on any atom is -0.491 e. The van der Waals surface area contributed by atoms with E-state index in [1.54, 1.807) is 6.92 Å². The van der Waals surface area contributed by atoms with Crippen LogP contribution in [-0.2, 0) is 0 Å². The molecule has 0 amide bonds. The van der Waals surface area contributed by atoms with Crippen molar-refractivity contribution in [3.63, 3.8) is 0 Å². The predicted molar refractivity (Wildman–Crippen MR) is 107 cm³/mol. The molecule has 0 bridgehead atoms. The normalized spacial score (nSPS) is 30.8. The first-order valence-electron chi connectivity index (χ1n) is 11.4. The van der Waals surface area contributed by atoms with Gasteiger partial charge in [0.2, 0.25) is 11.6 Å². The molecule has 0 radical (unpaired) electrons. The van der Waals surface area contributed by atoms with Crippen molar-refractivity contribution in [3.8, 4) is 11.5 Å². The third-order valence-corrected chi connectivity index (χ3v) is 7.45. The molecule has 4 rings (SSSR count). The highest BCUT2D eigenvalue weighted by Crippen LogP contribution is 2.48. The first kappa shape index (κ1) is 20.0. The summed E-state index contributed by atoms with van der Waals surface area (Å²) in [5.74, 6) is 2.41. The van der Waals surface area contributed by atoms with Crippen molar-refractivity contribution in [1.29, 1.82) is 0 Å². The molecule has 0 aliphatic heterocycles. The molecule has 2 nitrogen and oxygen atoms in total. The zero-order chi connectivity index (χ0) is 19.5. The van der Waals surface area contributed by atoms with Crippen LogP contribution in [0.4, 0.5) is 8.78 Å². The van der Waals surface area contributed by atoms with Gasteiger partial charge in [0.25, 0.3) is 0 Å². The molecule has 4 heteroatoms. The van der Waals surface area contributed by atoms with Gasteiger partial charge in [-0.2, -0.15) is 8.78 Å². The Morgan fingerprint density at radius 2 is 1.07 bits per heavy atom. The van der Waals surface area contributed by atoms with Crippen LogP contribution >= 0.6 is 0 Å². The summed E-state index contributed by atoms with van der Waals surface area (Å²) in [5.41, 5.74) is 0. The molecule has 1 aromatic rings. The molecule has 0 heterocycles. The highest BCUT2D eigenvalue weighted by atomic mass is 19.2. The van der Waals surface area contributed by atoms with E-state index in [-0.39, 0.29) is 11.5 Å². The third kappa shape index (κ3) is 4.63. The second-order valence-corrected chi connectivity index (χ2v) is 9.23. The number of benzene rings is 1. The maximum Gasteiger partial charge on any atom is 0.204 e. The number of hydrogen-bond donors (Lipinski definition) is 0. The van der Waals surface area contributed by atoms with Crippen LogP contribution in [0, 0.1) is 41.2 Å². The zero-order valence-corrected chi connectivity index (χ0v) is 17.1. The van der Waals surface area contributed by atoms with Crippen molar-refractivity contribution in [2.75, 3.05) is 13.2 Å². The molecule has 0 N–H and O–H groups in total. The molecule has 3 aliphatic carbocycles. The molecular formula is C24H34F2O2. The van der Waals surface area contributed by atoms with Gasteiger partial charge in [-0.25, -0.2) is 0 Å². The van der Waals surface area contributed by atoms with E-state index in [4.69, 9.17) is 9.47 Å². The van der Waals surface area contributed by atoms with Gasteiger partial charge in [-0.1, -0.05) is 0 Å². The van der Waals surface area contributed by atoms with Gasteiger partial charge >= 0.3 is 0 Å². The minimum absolute atomic E-state index is 0.00137. The maximum atomic E-state index is 14.2. The van der Waals surface area contributed by atoms with Crippen molar-refractivity contribution < 1.29 is 18.3 Å². The zero-order valence-electron chi connectivity index (χ0n) is 17.1. The van der Waals surface area contributed by atoms with Gasteiger partial charge in [-0.3, -0.25) is 0 Å². The Morgan fingerprint density at radius 3 is 1.50 bits per heavy atom. The van der Waals surface area contributed by atoms with Crippen LogP contribution in [0.25, 0.3) is 0 Å². The quantitative estimate of drug-likeness (QED) is 0.510. The second-order valence-electron chi connectivity index (χ2n) is 9.23. The van der Waals surface area contributed by atoms with E-state index in [1.165, 1.54) is 63.5 Å². The smallest absolute Gasteiger partial charge is 0.204 e. The molecule has 28 heavy (non-hydrogen) atoms. The molecule has 156 valence electrons. The molecule has 3 aliphatic rings. The van der Waals surface area contributed by atoms with E-state index < -0.39 is 11.6 Å². The van der Waals surface area contributed by atoms with Gasteiger partial charge in [0.1, 0.15) is 0 Å². The molecule has 0 aromatic heterocycles. The Kier molecular flexibility index (Phi) is 6.42. The summed E-state index contributed by atoms with van der Waals surface area (Å²) >= 11 is 0. The summed E-state index contributed by atoms with van der Waals surface area (Å²) in [4.78, 5) is 0. The summed E-state index contributed by atoms with van der Waals surface area (Å²) in [7, 11) is 0. The largest absolute Gasteiger partial charge is 0.491 e. The van der Waals surface area contributed by atoms with E-state index in [2.05, 4.69) is 0 Å². The predicted octanol–water partition coefficient (Wildman–Crippen LogP) is 6.77. The van der Waals surface area contributed by atoms with E-state index >= 15 is 0 Å². The van der Waals surface area contributed by atoms with Gasteiger partial charge in [-0.15, -0.1) is 0 Å². The number of ether oxygens (including phenoxy) is 2. The summed E-state index contributed by atoms with van der Waals surface area (Å²) in [6, 6.07) is 2.93. The lowest BCUT2D eigenvalue weighted by atomic mass is 9.68. The van der Waals surface area contributed by atoms with Crippen LogP contribution in [0.2, 0.25) is 0 Å². The number of hydrogen-bond acceptors (Lipinski definition) is 2. The van der Waals surface area contributed by atoms with E-state index in [9.17, 15) is 8.78 Å². The Bertz CT molecular complexity index is 642. The molecule has 1 aromatic carbocycles. The fourth-order valence-corrected chi connectivity index (χ4v) is 5.58. The van der Waals surface area contributed by atoms with Gasteiger partial charge in [0, 0.05) is 0 Å². The average Bonchev–Trinajstić information content (AvgIpc) is 3.57. The van der Waals surface area contributed by atoms with Gasteiger partial charge in [0.15, 0.2) is 11.5 Å². The van der Waals surface area contributed by atoms with Crippen molar-refractivity contribution in [2.45, 2.75) is 71.1 Å². The lowest BCUT2D eigenvalue weighted by molar-refractivity contribution is 0.118. The van der Waals surface area contributed by atoms with Crippen molar-refractivity contribution >= 4 is 0 Å². The first-order chi connectivity index (χ1) is 13.7. The molecule has 0 unspecified atom stereocenters. The Morgan fingerprint density at radius 1 is 0.679 bits per heavy atom. The summed E-state index contributed by atoms with van der Waals surface area (Å²) in [6.07, 6.45) is 13.6. The molecule has 3 fully saturated rings. The van der Waals surface area contributed by atoms with Gasteiger partial charge in [-0.05, 0) is 113 Å². The van der Waals surface area contributed by atoms with Crippen LogP contribution in [0.5, 0.6) is 11.5 Å². The number of halogens is 2. The lowest BCUT2D eigenvalue weighted by Gasteiger charge is -2.38. The summed E-state index contributed by atoms with van der Waals surface area (Å²) in [6.45, 7) is 2.53. The van der Waals surface area contributed by atoms with Crippen LogP contribution in [0.1, 0.15) is 71.1 Å². The number of rotatable bonds is 7. The van der Waals surface area contributed by atoms with Crippen LogP contribution in [0.3, 0.4) is 0 Å². The Balaban J connectivity index is 1.21. The summed E-state index contributed by atoms with van der Waals surface area (Å²) in [5, 5.41) is 0. The molecule has 0 saturated heterocycles. The fourth-order valence-electron chi connectivity index (χ4n) is 5.58.